The van der Waals surface area contributed by atoms with Gasteiger partial charge in [-0.15, -0.1) is 0 Å². The molecule has 24 heavy (non-hydrogen) atoms. The van der Waals surface area contributed by atoms with Gasteiger partial charge in [-0.1, -0.05) is 30.3 Å². The second-order valence-corrected chi connectivity index (χ2v) is 8.02. The summed E-state index contributed by atoms with van der Waals surface area (Å²) in [6.45, 7) is 3.06. The van der Waals surface area contributed by atoms with Crippen LogP contribution in [0.25, 0.3) is 0 Å². The molecule has 3 N–H and O–H groups in total. The number of hydrogen-bond acceptors (Lipinski definition) is 4. The van der Waals surface area contributed by atoms with Crippen LogP contribution in [-0.4, -0.2) is 21.6 Å². The maximum atomic E-state index is 12.3. The Morgan fingerprint density at radius 1 is 1.21 bits per heavy atom. The first-order valence-corrected chi connectivity index (χ1v) is 9.85. The van der Waals surface area contributed by atoms with Crippen molar-refractivity contribution in [3.8, 4) is 0 Å². The predicted molar refractivity (Wildman–Crippen MR) is 99.2 cm³/mol. The van der Waals surface area contributed by atoms with Gasteiger partial charge in [0.2, 0.25) is 10.0 Å². The quantitative estimate of drug-likeness (QED) is 0.514. The number of rotatable bonds is 8. The van der Waals surface area contributed by atoms with Gasteiger partial charge in [0, 0.05) is 23.3 Å². The molecule has 2 rings (SSSR count). The van der Waals surface area contributed by atoms with Crippen LogP contribution in [0.4, 0.5) is 5.69 Å². The third-order valence-electron chi connectivity index (χ3n) is 3.45. The van der Waals surface area contributed by atoms with E-state index < -0.39 is 10.0 Å². The fraction of sp³-hybridized carbons (Fsp3) is 0.294. The molecule has 130 valence electrons. The van der Waals surface area contributed by atoms with Crippen molar-refractivity contribution in [2.45, 2.75) is 24.8 Å². The van der Waals surface area contributed by atoms with E-state index in [1.165, 1.54) is 6.07 Å². The zero-order valence-corrected chi connectivity index (χ0v) is 15.9. The highest BCUT2D eigenvalue weighted by Gasteiger charge is 2.17. The van der Waals surface area contributed by atoms with Gasteiger partial charge in [-0.3, -0.25) is 0 Å². The molecular weight excluding hydrogens is 392 g/mol. The molecule has 0 saturated heterocycles. The number of nitrogens with one attached hydrogen (secondary N) is 1. The van der Waals surface area contributed by atoms with Crippen LogP contribution in [0.2, 0.25) is 0 Å². The normalized spacial score (nSPS) is 11.6. The minimum atomic E-state index is -3.58. The maximum absolute atomic E-state index is 12.3. The zero-order valence-electron chi connectivity index (χ0n) is 13.5. The number of halogens is 1. The number of nitrogen functional groups attached to an aromatic ring is 1. The molecule has 0 amide bonds. The highest BCUT2D eigenvalue weighted by atomic mass is 79.9. The minimum absolute atomic E-state index is 0.202. The van der Waals surface area contributed by atoms with Crippen LogP contribution >= 0.6 is 15.9 Å². The Morgan fingerprint density at radius 2 is 1.92 bits per heavy atom. The Kier molecular flexibility index (Phi) is 6.79. The summed E-state index contributed by atoms with van der Waals surface area (Å²) in [4.78, 5) is 0.202. The third-order valence-corrected chi connectivity index (χ3v) is 5.74. The summed E-state index contributed by atoms with van der Waals surface area (Å²) in [7, 11) is -3.58. The van der Waals surface area contributed by atoms with Crippen LogP contribution in [0.1, 0.15) is 17.5 Å². The summed E-state index contributed by atoms with van der Waals surface area (Å²) in [5.74, 6) is 0. The number of aryl methyl sites for hydroxylation is 1. The van der Waals surface area contributed by atoms with Crippen LogP contribution in [0.3, 0.4) is 0 Å². The van der Waals surface area contributed by atoms with E-state index in [1.807, 2.05) is 30.3 Å². The van der Waals surface area contributed by atoms with Crippen molar-refractivity contribution in [1.82, 2.24) is 4.72 Å². The van der Waals surface area contributed by atoms with E-state index in [0.717, 1.165) is 5.56 Å². The number of nitrogens with two attached hydrogens (primary N) is 1. The molecule has 2 aromatic rings. The van der Waals surface area contributed by atoms with Gasteiger partial charge < -0.3 is 10.5 Å². The lowest BCUT2D eigenvalue weighted by Gasteiger charge is -2.11. The lowest BCUT2D eigenvalue weighted by molar-refractivity contribution is 0.119. The maximum Gasteiger partial charge on any atom is 0.240 e. The second kappa shape index (κ2) is 8.62. The van der Waals surface area contributed by atoms with Crippen molar-refractivity contribution in [2.75, 3.05) is 18.9 Å². The van der Waals surface area contributed by atoms with Crippen LogP contribution < -0.4 is 10.5 Å². The van der Waals surface area contributed by atoms with Gasteiger partial charge in [0.1, 0.15) is 0 Å². The van der Waals surface area contributed by atoms with Crippen LogP contribution in [0.5, 0.6) is 0 Å². The highest BCUT2D eigenvalue weighted by molar-refractivity contribution is 9.10. The number of sulfonamides is 1. The smallest absolute Gasteiger partial charge is 0.240 e. The summed E-state index contributed by atoms with van der Waals surface area (Å²) in [5.41, 5.74) is 7.91. The molecule has 0 unspecified atom stereocenters. The molecule has 7 heteroatoms. The number of ether oxygens (including phenoxy) is 1. The topological polar surface area (TPSA) is 81.4 Å². The Labute approximate surface area is 151 Å². The monoisotopic (exact) mass is 412 g/mol. The van der Waals surface area contributed by atoms with Crippen molar-refractivity contribution >= 4 is 31.6 Å². The van der Waals surface area contributed by atoms with E-state index >= 15 is 0 Å². The SMILES string of the molecule is Cc1cc(Br)c(N)cc1S(=O)(=O)NCCCOCc1ccccc1. The predicted octanol–water partition coefficient (Wildman–Crippen LogP) is 3.22. The summed E-state index contributed by atoms with van der Waals surface area (Å²) >= 11 is 3.29. The average molecular weight is 413 g/mol. The van der Waals surface area contributed by atoms with E-state index in [9.17, 15) is 8.42 Å². The fourth-order valence-corrected chi connectivity index (χ4v) is 3.97. The minimum Gasteiger partial charge on any atom is -0.398 e. The molecule has 0 spiro atoms. The first-order chi connectivity index (χ1) is 11.4. The largest absolute Gasteiger partial charge is 0.398 e. The Hall–Kier alpha value is -1.41. The molecule has 0 aliphatic rings. The molecule has 0 aliphatic heterocycles. The second-order valence-electron chi connectivity index (χ2n) is 5.43. The van der Waals surface area contributed by atoms with Crippen LogP contribution in [-0.2, 0) is 21.4 Å². The molecule has 2 aromatic carbocycles. The molecule has 0 radical (unpaired) electrons. The van der Waals surface area contributed by atoms with Gasteiger partial charge in [-0.25, -0.2) is 13.1 Å². The Morgan fingerprint density at radius 3 is 2.62 bits per heavy atom. The van der Waals surface area contributed by atoms with E-state index in [0.29, 0.717) is 41.9 Å². The van der Waals surface area contributed by atoms with E-state index in [-0.39, 0.29) is 4.90 Å². The van der Waals surface area contributed by atoms with Crippen LogP contribution in [0, 0.1) is 6.92 Å². The third kappa shape index (κ3) is 5.31. The lowest BCUT2D eigenvalue weighted by atomic mass is 10.2. The fourth-order valence-electron chi connectivity index (χ4n) is 2.18. The summed E-state index contributed by atoms with van der Waals surface area (Å²) < 4.78 is 33.5. The molecule has 0 bridgehead atoms. The molecule has 0 fully saturated rings. The molecule has 0 atom stereocenters. The first-order valence-electron chi connectivity index (χ1n) is 7.57. The van der Waals surface area contributed by atoms with Crippen molar-refractivity contribution in [1.29, 1.82) is 0 Å². The van der Waals surface area contributed by atoms with E-state index in [2.05, 4.69) is 20.7 Å². The van der Waals surface area contributed by atoms with Crippen molar-refractivity contribution in [3.63, 3.8) is 0 Å². The number of benzene rings is 2. The van der Waals surface area contributed by atoms with Crippen molar-refractivity contribution in [2.24, 2.45) is 0 Å². The van der Waals surface area contributed by atoms with Crippen LogP contribution in [0.15, 0.2) is 51.8 Å². The van der Waals surface area contributed by atoms with Crippen molar-refractivity contribution < 1.29 is 13.2 Å². The Bertz CT molecular complexity index is 780. The number of hydrogen-bond donors (Lipinski definition) is 2. The Balaban J connectivity index is 1.80. The summed E-state index contributed by atoms with van der Waals surface area (Å²) in [5, 5.41) is 0. The standard InChI is InChI=1S/C17H21BrN2O3S/c1-13-10-15(18)16(19)11-17(13)24(21,22)20-8-5-9-23-12-14-6-3-2-4-7-14/h2-4,6-7,10-11,20H,5,8-9,12,19H2,1H3. The summed E-state index contributed by atoms with van der Waals surface area (Å²) in [6, 6.07) is 13.0. The molecule has 0 aliphatic carbocycles. The van der Waals surface area contributed by atoms with Gasteiger partial charge in [0.05, 0.1) is 11.5 Å². The average Bonchev–Trinajstić information content (AvgIpc) is 2.55. The van der Waals surface area contributed by atoms with Gasteiger partial charge in [0.25, 0.3) is 0 Å². The number of anilines is 1. The van der Waals surface area contributed by atoms with Gasteiger partial charge in [0.15, 0.2) is 0 Å². The van der Waals surface area contributed by atoms with E-state index in [1.54, 1.807) is 13.0 Å². The molecule has 0 aromatic heterocycles. The lowest BCUT2D eigenvalue weighted by Crippen LogP contribution is -2.26. The molecule has 0 saturated carbocycles. The van der Waals surface area contributed by atoms with Crippen molar-refractivity contribution in [3.05, 3.63) is 58.1 Å². The van der Waals surface area contributed by atoms with E-state index in [4.69, 9.17) is 10.5 Å². The van der Waals surface area contributed by atoms with Gasteiger partial charge in [-0.05, 0) is 52.5 Å². The first kappa shape index (κ1) is 18.9. The molecule has 0 heterocycles. The summed E-state index contributed by atoms with van der Waals surface area (Å²) in [6.07, 6.45) is 0.594. The highest BCUT2D eigenvalue weighted by Crippen LogP contribution is 2.26. The van der Waals surface area contributed by atoms with Gasteiger partial charge >= 0.3 is 0 Å². The van der Waals surface area contributed by atoms with Gasteiger partial charge in [-0.2, -0.15) is 0 Å². The molecular formula is C17H21BrN2O3S. The zero-order chi connectivity index (χ0) is 17.6. The molecule has 5 nitrogen and oxygen atoms in total.